The Balaban J connectivity index is 1.72. The van der Waals surface area contributed by atoms with Gasteiger partial charge >= 0.3 is 0 Å². The molecule has 0 bridgehead atoms. The van der Waals surface area contributed by atoms with Crippen molar-refractivity contribution in [1.29, 1.82) is 0 Å². The fourth-order valence-electron chi connectivity index (χ4n) is 3.01. The Morgan fingerprint density at radius 2 is 1.83 bits per heavy atom. The van der Waals surface area contributed by atoms with Gasteiger partial charge in [-0.3, -0.25) is 0 Å². The summed E-state index contributed by atoms with van der Waals surface area (Å²) in [7, 11) is 0. The number of fused-ring (bicyclic) bond motifs is 1. The Morgan fingerprint density at radius 1 is 1.06 bits per heavy atom. The monoisotopic (exact) mass is 247 g/mol. The van der Waals surface area contributed by atoms with Crippen LogP contribution in [-0.2, 0) is 6.42 Å². The van der Waals surface area contributed by atoms with E-state index in [-0.39, 0.29) is 0 Å². The summed E-state index contributed by atoms with van der Waals surface area (Å²) >= 11 is 0. The quantitative estimate of drug-likeness (QED) is 0.873. The van der Waals surface area contributed by atoms with E-state index in [2.05, 4.69) is 12.1 Å². The number of ether oxygens (including phenoxy) is 2. The van der Waals surface area contributed by atoms with Crippen LogP contribution in [0.4, 0.5) is 0 Å². The molecule has 1 aliphatic carbocycles. The van der Waals surface area contributed by atoms with Gasteiger partial charge in [-0.15, -0.1) is 0 Å². The molecule has 3 nitrogen and oxygen atoms in total. The summed E-state index contributed by atoms with van der Waals surface area (Å²) in [5, 5.41) is 0. The molecule has 18 heavy (non-hydrogen) atoms. The molecular formula is C15H21NO2. The molecule has 1 fully saturated rings. The second-order valence-electron chi connectivity index (χ2n) is 5.39. The van der Waals surface area contributed by atoms with Crippen molar-refractivity contribution >= 4 is 0 Å². The molecule has 3 heteroatoms. The van der Waals surface area contributed by atoms with E-state index < -0.39 is 0 Å². The smallest absolute Gasteiger partial charge is 0.161 e. The van der Waals surface area contributed by atoms with Gasteiger partial charge in [-0.1, -0.05) is 18.9 Å². The SMILES string of the molecule is NC1CCCCC1Cc1ccc2c(c1)OCCO2. The molecule has 2 aliphatic rings. The molecule has 3 rings (SSSR count). The van der Waals surface area contributed by atoms with Crippen molar-refractivity contribution in [2.45, 2.75) is 38.1 Å². The van der Waals surface area contributed by atoms with Crippen LogP contribution in [0.5, 0.6) is 11.5 Å². The van der Waals surface area contributed by atoms with Gasteiger partial charge in [0.05, 0.1) is 0 Å². The number of benzene rings is 1. The Kier molecular flexibility index (Phi) is 3.41. The lowest BCUT2D eigenvalue weighted by atomic mass is 9.81. The molecular weight excluding hydrogens is 226 g/mol. The van der Waals surface area contributed by atoms with Gasteiger partial charge in [0.15, 0.2) is 11.5 Å². The highest BCUT2D eigenvalue weighted by atomic mass is 16.6. The third kappa shape index (κ3) is 2.46. The number of hydrogen-bond donors (Lipinski definition) is 1. The number of rotatable bonds is 2. The van der Waals surface area contributed by atoms with Crippen molar-refractivity contribution in [3.8, 4) is 11.5 Å². The van der Waals surface area contributed by atoms with Gasteiger partial charge in [0.1, 0.15) is 13.2 Å². The van der Waals surface area contributed by atoms with E-state index in [0.29, 0.717) is 25.2 Å². The Hall–Kier alpha value is -1.22. The van der Waals surface area contributed by atoms with Crippen LogP contribution >= 0.6 is 0 Å². The van der Waals surface area contributed by atoms with E-state index in [4.69, 9.17) is 15.2 Å². The van der Waals surface area contributed by atoms with Gasteiger partial charge in [0, 0.05) is 6.04 Å². The van der Waals surface area contributed by atoms with Gasteiger partial charge in [-0.2, -0.15) is 0 Å². The molecule has 0 radical (unpaired) electrons. The average molecular weight is 247 g/mol. The number of hydrogen-bond acceptors (Lipinski definition) is 3. The first kappa shape index (κ1) is 11.8. The zero-order valence-corrected chi connectivity index (χ0v) is 10.7. The van der Waals surface area contributed by atoms with Crippen LogP contribution in [0, 0.1) is 5.92 Å². The predicted molar refractivity (Wildman–Crippen MR) is 71.1 cm³/mol. The summed E-state index contributed by atoms with van der Waals surface area (Å²) in [4.78, 5) is 0. The minimum absolute atomic E-state index is 0.368. The van der Waals surface area contributed by atoms with Gasteiger partial charge in [-0.25, -0.2) is 0 Å². The maximum absolute atomic E-state index is 6.21. The molecule has 2 unspecified atom stereocenters. The summed E-state index contributed by atoms with van der Waals surface area (Å²) in [6.45, 7) is 1.30. The first-order chi connectivity index (χ1) is 8.83. The molecule has 98 valence electrons. The zero-order valence-electron chi connectivity index (χ0n) is 10.7. The highest BCUT2D eigenvalue weighted by molar-refractivity contribution is 5.43. The average Bonchev–Trinajstić information content (AvgIpc) is 2.41. The second kappa shape index (κ2) is 5.19. The molecule has 1 aromatic carbocycles. The summed E-state index contributed by atoms with van der Waals surface area (Å²) in [5.74, 6) is 2.39. The summed E-state index contributed by atoms with van der Waals surface area (Å²) in [5.41, 5.74) is 7.53. The molecule has 2 N–H and O–H groups in total. The third-order valence-electron chi connectivity index (χ3n) is 4.07. The second-order valence-corrected chi connectivity index (χ2v) is 5.39. The standard InChI is InChI=1S/C15H21NO2/c16-13-4-2-1-3-12(13)9-11-5-6-14-15(10-11)18-8-7-17-14/h5-6,10,12-13H,1-4,7-9,16H2. The van der Waals surface area contributed by atoms with Crippen molar-refractivity contribution in [2.75, 3.05) is 13.2 Å². The fraction of sp³-hybridized carbons (Fsp3) is 0.600. The van der Waals surface area contributed by atoms with Gasteiger partial charge in [0.25, 0.3) is 0 Å². The number of nitrogens with two attached hydrogens (primary N) is 1. The predicted octanol–water partition coefficient (Wildman–Crippen LogP) is 2.52. The minimum Gasteiger partial charge on any atom is -0.486 e. The lowest BCUT2D eigenvalue weighted by molar-refractivity contribution is 0.171. The molecule has 1 heterocycles. The topological polar surface area (TPSA) is 44.5 Å². The van der Waals surface area contributed by atoms with Gasteiger partial charge in [0.2, 0.25) is 0 Å². The summed E-state index contributed by atoms with van der Waals surface area (Å²) in [6.07, 6.45) is 6.12. The molecule has 1 aliphatic heterocycles. The minimum atomic E-state index is 0.368. The zero-order chi connectivity index (χ0) is 12.4. The van der Waals surface area contributed by atoms with Crippen molar-refractivity contribution in [1.82, 2.24) is 0 Å². The Bertz CT molecular complexity index is 419. The van der Waals surface area contributed by atoms with E-state index in [1.165, 1.54) is 31.2 Å². The van der Waals surface area contributed by atoms with Crippen LogP contribution in [0.2, 0.25) is 0 Å². The fourth-order valence-corrected chi connectivity index (χ4v) is 3.01. The van der Waals surface area contributed by atoms with Crippen molar-refractivity contribution in [3.63, 3.8) is 0 Å². The lowest BCUT2D eigenvalue weighted by Gasteiger charge is -2.29. The Labute approximate surface area is 108 Å². The molecule has 0 saturated heterocycles. The maximum Gasteiger partial charge on any atom is 0.161 e. The van der Waals surface area contributed by atoms with Crippen LogP contribution < -0.4 is 15.2 Å². The van der Waals surface area contributed by atoms with Crippen molar-refractivity contribution in [2.24, 2.45) is 11.7 Å². The van der Waals surface area contributed by atoms with E-state index in [9.17, 15) is 0 Å². The van der Waals surface area contributed by atoms with Crippen LogP contribution in [0.15, 0.2) is 18.2 Å². The summed E-state index contributed by atoms with van der Waals surface area (Å²) < 4.78 is 11.2. The third-order valence-corrected chi connectivity index (χ3v) is 4.07. The first-order valence-corrected chi connectivity index (χ1v) is 6.97. The molecule has 0 amide bonds. The molecule has 0 spiro atoms. The van der Waals surface area contributed by atoms with E-state index in [1.807, 2.05) is 6.07 Å². The van der Waals surface area contributed by atoms with E-state index in [1.54, 1.807) is 0 Å². The molecule has 1 aromatic rings. The maximum atomic E-state index is 6.21. The van der Waals surface area contributed by atoms with Crippen LogP contribution in [0.25, 0.3) is 0 Å². The molecule has 2 atom stereocenters. The normalized spacial score (nSPS) is 26.9. The molecule has 1 saturated carbocycles. The largest absolute Gasteiger partial charge is 0.486 e. The van der Waals surface area contributed by atoms with Crippen LogP contribution in [0.3, 0.4) is 0 Å². The van der Waals surface area contributed by atoms with Crippen LogP contribution in [0.1, 0.15) is 31.2 Å². The summed E-state index contributed by atoms with van der Waals surface area (Å²) in [6, 6.07) is 6.66. The van der Waals surface area contributed by atoms with Crippen molar-refractivity contribution in [3.05, 3.63) is 23.8 Å². The van der Waals surface area contributed by atoms with E-state index >= 15 is 0 Å². The highest BCUT2D eigenvalue weighted by Gasteiger charge is 2.22. The van der Waals surface area contributed by atoms with Gasteiger partial charge in [-0.05, 0) is 42.9 Å². The molecule has 0 aromatic heterocycles. The highest BCUT2D eigenvalue weighted by Crippen LogP contribution is 2.33. The Morgan fingerprint density at radius 3 is 2.67 bits per heavy atom. The van der Waals surface area contributed by atoms with E-state index in [0.717, 1.165) is 17.9 Å². The first-order valence-electron chi connectivity index (χ1n) is 6.97. The van der Waals surface area contributed by atoms with Gasteiger partial charge < -0.3 is 15.2 Å². The van der Waals surface area contributed by atoms with Crippen LogP contribution in [-0.4, -0.2) is 19.3 Å². The lowest BCUT2D eigenvalue weighted by Crippen LogP contribution is -2.34. The van der Waals surface area contributed by atoms with Crippen molar-refractivity contribution < 1.29 is 9.47 Å².